The van der Waals surface area contributed by atoms with Gasteiger partial charge in [-0.1, -0.05) is 25.4 Å². The van der Waals surface area contributed by atoms with Crippen LogP contribution in [0.15, 0.2) is 10.3 Å². The number of aliphatic hydroxyl groups is 1. The van der Waals surface area contributed by atoms with Crippen molar-refractivity contribution in [2.75, 3.05) is 13.2 Å². The molecule has 1 rings (SSSR count). The number of rotatable bonds is 8. The third-order valence-corrected chi connectivity index (χ3v) is 6.81. The van der Waals surface area contributed by atoms with E-state index < -0.39 is 20.6 Å². The molecular weight excluding hydrogens is 340 g/mol. The van der Waals surface area contributed by atoms with Gasteiger partial charge in [0.1, 0.15) is 4.21 Å². The first-order chi connectivity index (χ1) is 9.79. The Bertz CT molecular complexity index is 598. The van der Waals surface area contributed by atoms with Gasteiger partial charge in [-0.2, -0.15) is 4.31 Å². The lowest BCUT2D eigenvalue weighted by molar-refractivity contribution is -0.384. The molecule has 0 aliphatic heterocycles. The van der Waals surface area contributed by atoms with E-state index in [2.05, 4.69) is 0 Å². The molecule has 1 aromatic heterocycles. The van der Waals surface area contributed by atoms with Crippen LogP contribution in [0.3, 0.4) is 0 Å². The van der Waals surface area contributed by atoms with Gasteiger partial charge in [-0.25, -0.2) is 8.42 Å². The van der Waals surface area contributed by atoms with Crippen LogP contribution in [0, 0.1) is 10.1 Å². The molecule has 0 fully saturated rings. The quantitative estimate of drug-likeness (QED) is 0.569. The van der Waals surface area contributed by atoms with Crippen LogP contribution < -0.4 is 0 Å². The molecule has 1 heterocycles. The first-order valence-corrected chi connectivity index (χ1v) is 8.99. The fourth-order valence-electron chi connectivity index (χ4n) is 2.00. The third kappa shape index (κ3) is 3.92. The van der Waals surface area contributed by atoms with Crippen LogP contribution in [0.1, 0.15) is 26.7 Å². The molecule has 1 N–H and O–H groups in total. The van der Waals surface area contributed by atoms with Crippen molar-refractivity contribution < 1.29 is 18.4 Å². The smallest absolute Gasteiger partial charge is 0.300 e. The molecule has 0 atom stereocenters. The Balaban J connectivity index is 3.28. The number of sulfonamides is 1. The monoisotopic (exact) mass is 356 g/mol. The van der Waals surface area contributed by atoms with Gasteiger partial charge in [0.25, 0.3) is 15.7 Å². The Labute approximate surface area is 132 Å². The maximum Gasteiger partial charge on any atom is 0.300 e. The summed E-state index contributed by atoms with van der Waals surface area (Å²) in [4.78, 5) is 10.1. The van der Waals surface area contributed by atoms with E-state index in [4.69, 9.17) is 16.7 Å². The third-order valence-electron chi connectivity index (χ3n) is 3.08. The molecule has 0 radical (unpaired) electrons. The van der Waals surface area contributed by atoms with Crippen molar-refractivity contribution in [2.45, 2.75) is 36.9 Å². The molecule has 1 aromatic rings. The molecule has 0 aliphatic carbocycles. The normalized spacial score (nSPS) is 12.3. The van der Waals surface area contributed by atoms with Gasteiger partial charge in [-0.3, -0.25) is 10.1 Å². The summed E-state index contributed by atoms with van der Waals surface area (Å²) in [6.07, 6.45) is 1.16. The van der Waals surface area contributed by atoms with Gasteiger partial charge in [0.05, 0.1) is 11.5 Å². The van der Waals surface area contributed by atoms with Crippen molar-refractivity contribution in [3.8, 4) is 0 Å². The number of thiophene rings is 1. The van der Waals surface area contributed by atoms with Gasteiger partial charge in [0.2, 0.25) is 0 Å². The van der Waals surface area contributed by atoms with Crippen LogP contribution in [-0.4, -0.2) is 41.9 Å². The number of nitro groups is 1. The average molecular weight is 357 g/mol. The standard InChI is InChI=1S/C11H17ClN2O5S2/c1-3-8(4-2)13(5-6-15)21(18,19)10-7-9(14(16)17)11(12)20-10/h7-8,15H,3-6H2,1-2H3. The second-order valence-corrected chi connectivity index (χ2v) is 8.06. The first-order valence-electron chi connectivity index (χ1n) is 6.35. The zero-order valence-electron chi connectivity index (χ0n) is 11.7. The lowest BCUT2D eigenvalue weighted by Crippen LogP contribution is -2.41. The highest BCUT2D eigenvalue weighted by atomic mass is 35.5. The van der Waals surface area contributed by atoms with E-state index in [1.807, 2.05) is 13.8 Å². The molecule has 0 aliphatic rings. The van der Waals surface area contributed by atoms with Gasteiger partial charge in [-0.15, -0.1) is 11.3 Å². The zero-order chi connectivity index (χ0) is 16.2. The van der Waals surface area contributed by atoms with E-state index >= 15 is 0 Å². The molecule has 120 valence electrons. The summed E-state index contributed by atoms with van der Waals surface area (Å²) >= 11 is 6.37. The summed E-state index contributed by atoms with van der Waals surface area (Å²) in [7, 11) is -3.92. The number of aliphatic hydroxyl groups excluding tert-OH is 1. The maximum atomic E-state index is 12.6. The van der Waals surface area contributed by atoms with Crippen molar-refractivity contribution in [1.29, 1.82) is 0 Å². The highest BCUT2D eigenvalue weighted by Crippen LogP contribution is 2.38. The highest BCUT2D eigenvalue weighted by molar-refractivity contribution is 7.91. The van der Waals surface area contributed by atoms with Gasteiger partial charge >= 0.3 is 0 Å². The predicted octanol–water partition coefficient (Wildman–Crippen LogP) is 2.48. The topological polar surface area (TPSA) is 101 Å². The molecule has 7 nitrogen and oxygen atoms in total. The largest absolute Gasteiger partial charge is 0.395 e. The minimum absolute atomic E-state index is 0.0575. The van der Waals surface area contributed by atoms with Crippen LogP contribution >= 0.6 is 22.9 Å². The van der Waals surface area contributed by atoms with Crippen LogP contribution in [0.4, 0.5) is 5.69 Å². The average Bonchev–Trinajstić information content (AvgIpc) is 2.82. The SMILES string of the molecule is CCC(CC)N(CCO)S(=O)(=O)c1cc([N+](=O)[O-])c(Cl)s1. The van der Waals surface area contributed by atoms with Crippen molar-refractivity contribution in [2.24, 2.45) is 0 Å². The van der Waals surface area contributed by atoms with E-state index in [0.717, 1.165) is 6.07 Å². The van der Waals surface area contributed by atoms with Crippen LogP contribution in [0.5, 0.6) is 0 Å². The first kappa shape index (κ1) is 18.3. The number of nitrogens with zero attached hydrogens (tertiary/aromatic N) is 2. The summed E-state index contributed by atoms with van der Waals surface area (Å²) < 4.78 is 26.1. The summed E-state index contributed by atoms with van der Waals surface area (Å²) in [5, 5.41) is 19.9. The van der Waals surface area contributed by atoms with Gasteiger partial charge < -0.3 is 5.11 Å². The molecule has 10 heteroatoms. The summed E-state index contributed by atoms with van der Waals surface area (Å²) in [5.41, 5.74) is -0.422. The molecule has 21 heavy (non-hydrogen) atoms. The highest BCUT2D eigenvalue weighted by Gasteiger charge is 2.33. The van der Waals surface area contributed by atoms with Crippen molar-refractivity contribution in [1.82, 2.24) is 4.31 Å². The van der Waals surface area contributed by atoms with Gasteiger partial charge in [-0.05, 0) is 12.8 Å². The van der Waals surface area contributed by atoms with Crippen molar-refractivity contribution in [3.63, 3.8) is 0 Å². The summed E-state index contributed by atoms with van der Waals surface area (Å²) in [6, 6.07) is 0.691. The Kier molecular flexibility index (Phi) is 6.54. The van der Waals surface area contributed by atoms with E-state index in [0.29, 0.717) is 24.2 Å². The summed E-state index contributed by atoms with van der Waals surface area (Å²) in [6.45, 7) is 3.31. The fourth-order valence-corrected chi connectivity index (χ4v) is 5.56. The van der Waals surface area contributed by atoms with Crippen molar-refractivity contribution >= 4 is 38.6 Å². The Hall–Kier alpha value is -0.740. The second-order valence-electron chi connectivity index (χ2n) is 4.29. The molecule has 0 saturated heterocycles. The molecule has 0 aromatic carbocycles. The summed E-state index contributed by atoms with van der Waals surface area (Å²) in [5.74, 6) is 0. The number of hydrogen-bond donors (Lipinski definition) is 1. The number of halogens is 1. The molecule has 0 unspecified atom stereocenters. The minimum atomic E-state index is -3.92. The predicted molar refractivity (Wildman–Crippen MR) is 81.3 cm³/mol. The Morgan fingerprint density at radius 3 is 2.43 bits per heavy atom. The molecule has 0 bridgehead atoms. The minimum Gasteiger partial charge on any atom is -0.395 e. The van der Waals surface area contributed by atoms with E-state index in [1.54, 1.807) is 0 Å². The second kappa shape index (κ2) is 7.50. The van der Waals surface area contributed by atoms with Crippen LogP contribution in [0.25, 0.3) is 0 Å². The van der Waals surface area contributed by atoms with Crippen LogP contribution in [0.2, 0.25) is 4.34 Å². The van der Waals surface area contributed by atoms with E-state index in [9.17, 15) is 18.5 Å². The Morgan fingerprint density at radius 2 is 2.05 bits per heavy atom. The lowest BCUT2D eigenvalue weighted by atomic mass is 10.2. The molecule has 0 amide bonds. The van der Waals surface area contributed by atoms with Gasteiger partial charge in [0, 0.05) is 18.7 Å². The number of hydrogen-bond acceptors (Lipinski definition) is 6. The van der Waals surface area contributed by atoms with Gasteiger partial charge in [0.15, 0.2) is 4.34 Å². The Morgan fingerprint density at radius 1 is 1.48 bits per heavy atom. The van der Waals surface area contributed by atoms with Crippen LogP contribution in [-0.2, 0) is 10.0 Å². The molecular formula is C11H17ClN2O5S2. The fraction of sp³-hybridized carbons (Fsp3) is 0.636. The molecule has 0 spiro atoms. The maximum absolute atomic E-state index is 12.6. The zero-order valence-corrected chi connectivity index (χ0v) is 14.0. The van der Waals surface area contributed by atoms with E-state index in [1.165, 1.54) is 4.31 Å². The molecule has 0 saturated carbocycles. The van der Waals surface area contributed by atoms with E-state index in [-0.39, 0.29) is 27.7 Å². The van der Waals surface area contributed by atoms with Crippen molar-refractivity contribution in [3.05, 3.63) is 20.5 Å². The lowest BCUT2D eigenvalue weighted by Gasteiger charge is -2.28.